The Morgan fingerprint density at radius 3 is 3.05 bits per heavy atom. The first-order valence-electron chi connectivity index (χ1n) is 5.95. The van der Waals surface area contributed by atoms with E-state index in [1.165, 1.54) is 16.8 Å². The highest BCUT2D eigenvalue weighted by Crippen LogP contribution is 2.38. The SMILES string of the molecule is C=CCC1(CO)OC(n2ccc(N)nc2=O)CC1O. The fraction of sp³-hybridized carbons (Fsp3) is 0.500. The molecule has 4 N–H and O–H groups in total. The predicted molar refractivity (Wildman–Crippen MR) is 68.3 cm³/mol. The molecule has 2 heterocycles. The van der Waals surface area contributed by atoms with Crippen LogP contribution in [-0.2, 0) is 4.74 Å². The van der Waals surface area contributed by atoms with E-state index in [0.29, 0.717) is 0 Å². The van der Waals surface area contributed by atoms with Crippen LogP contribution in [-0.4, -0.2) is 38.1 Å². The fourth-order valence-electron chi connectivity index (χ4n) is 2.25. The van der Waals surface area contributed by atoms with Crippen molar-refractivity contribution in [2.24, 2.45) is 0 Å². The molecule has 0 bridgehead atoms. The van der Waals surface area contributed by atoms with Crippen LogP contribution in [0.3, 0.4) is 0 Å². The van der Waals surface area contributed by atoms with Crippen LogP contribution < -0.4 is 11.4 Å². The second-order valence-electron chi connectivity index (χ2n) is 4.58. The summed E-state index contributed by atoms with van der Waals surface area (Å²) in [6.45, 7) is 3.23. The number of ether oxygens (including phenoxy) is 1. The number of rotatable bonds is 4. The fourth-order valence-corrected chi connectivity index (χ4v) is 2.25. The summed E-state index contributed by atoms with van der Waals surface area (Å²) in [6.07, 6.45) is 1.95. The smallest absolute Gasteiger partial charge is 0.351 e. The number of hydrogen-bond donors (Lipinski definition) is 3. The van der Waals surface area contributed by atoms with Crippen molar-refractivity contribution in [3.63, 3.8) is 0 Å². The lowest BCUT2D eigenvalue weighted by Gasteiger charge is -2.28. The number of aliphatic hydroxyl groups is 2. The predicted octanol–water partition coefficient (Wildman–Crippen LogP) is -0.588. The average molecular weight is 267 g/mol. The Morgan fingerprint density at radius 1 is 1.74 bits per heavy atom. The Balaban J connectivity index is 2.29. The van der Waals surface area contributed by atoms with Gasteiger partial charge in [0.05, 0.1) is 12.7 Å². The molecule has 0 aromatic carbocycles. The third-order valence-electron chi connectivity index (χ3n) is 3.32. The minimum atomic E-state index is -1.12. The van der Waals surface area contributed by atoms with Gasteiger partial charge in [-0.15, -0.1) is 6.58 Å². The van der Waals surface area contributed by atoms with Gasteiger partial charge in [-0.2, -0.15) is 4.98 Å². The molecule has 1 fully saturated rings. The Bertz CT molecular complexity index is 530. The normalized spacial score (nSPS) is 30.4. The summed E-state index contributed by atoms with van der Waals surface area (Å²) in [4.78, 5) is 15.3. The van der Waals surface area contributed by atoms with Gasteiger partial charge < -0.3 is 20.7 Å². The molecule has 0 saturated carbocycles. The number of nitrogens with two attached hydrogens (primary N) is 1. The summed E-state index contributed by atoms with van der Waals surface area (Å²) >= 11 is 0. The van der Waals surface area contributed by atoms with E-state index in [1.807, 2.05) is 0 Å². The topological polar surface area (TPSA) is 111 Å². The first kappa shape index (κ1) is 13.7. The largest absolute Gasteiger partial charge is 0.393 e. The van der Waals surface area contributed by atoms with Gasteiger partial charge in [-0.25, -0.2) is 4.79 Å². The summed E-state index contributed by atoms with van der Waals surface area (Å²) in [5, 5.41) is 19.5. The molecule has 1 saturated heterocycles. The van der Waals surface area contributed by atoms with Gasteiger partial charge in [0, 0.05) is 12.6 Å². The monoisotopic (exact) mass is 267 g/mol. The number of anilines is 1. The lowest BCUT2D eigenvalue weighted by atomic mass is 9.94. The molecule has 1 aromatic rings. The minimum Gasteiger partial charge on any atom is -0.393 e. The summed E-state index contributed by atoms with van der Waals surface area (Å²) in [5.41, 5.74) is 3.74. The molecule has 0 aliphatic carbocycles. The van der Waals surface area contributed by atoms with E-state index in [2.05, 4.69) is 11.6 Å². The van der Waals surface area contributed by atoms with Gasteiger partial charge >= 0.3 is 5.69 Å². The number of nitrogens with zero attached hydrogens (tertiary/aromatic N) is 2. The molecule has 1 aromatic heterocycles. The number of nitrogen functional groups attached to an aromatic ring is 1. The van der Waals surface area contributed by atoms with E-state index >= 15 is 0 Å². The quantitative estimate of drug-likeness (QED) is 0.629. The summed E-state index contributed by atoms with van der Waals surface area (Å²) in [6, 6.07) is 1.48. The highest BCUT2D eigenvalue weighted by atomic mass is 16.6. The van der Waals surface area contributed by atoms with Gasteiger partial charge in [0.25, 0.3) is 0 Å². The Kier molecular flexibility index (Phi) is 3.70. The minimum absolute atomic E-state index is 0.124. The van der Waals surface area contributed by atoms with Gasteiger partial charge in [0.1, 0.15) is 17.6 Å². The van der Waals surface area contributed by atoms with Gasteiger partial charge in [-0.05, 0) is 12.5 Å². The molecule has 0 spiro atoms. The second-order valence-corrected chi connectivity index (χ2v) is 4.58. The molecule has 1 aliphatic heterocycles. The average Bonchev–Trinajstić information content (AvgIpc) is 2.67. The molecular formula is C12H17N3O4. The van der Waals surface area contributed by atoms with Crippen LogP contribution in [0.2, 0.25) is 0 Å². The highest BCUT2D eigenvalue weighted by Gasteiger charge is 2.47. The molecule has 3 unspecified atom stereocenters. The highest BCUT2D eigenvalue weighted by molar-refractivity contribution is 5.23. The van der Waals surface area contributed by atoms with Crippen molar-refractivity contribution in [3.05, 3.63) is 35.4 Å². The Hall–Kier alpha value is -1.70. The number of aromatic nitrogens is 2. The van der Waals surface area contributed by atoms with E-state index in [9.17, 15) is 15.0 Å². The zero-order chi connectivity index (χ0) is 14.0. The molecule has 2 rings (SSSR count). The van der Waals surface area contributed by atoms with Crippen LogP contribution in [0, 0.1) is 0 Å². The molecule has 0 radical (unpaired) electrons. The van der Waals surface area contributed by atoms with Crippen LogP contribution in [0.1, 0.15) is 19.1 Å². The third kappa shape index (κ3) is 2.40. The van der Waals surface area contributed by atoms with Crippen molar-refractivity contribution in [2.75, 3.05) is 12.3 Å². The standard InChI is InChI=1S/C12H17N3O4/c1-2-4-12(7-16)8(17)6-10(19-12)15-5-3-9(13)14-11(15)18/h2-3,5,8,10,16-17H,1,4,6-7H2,(H2,13,14,18). The van der Waals surface area contributed by atoms with Gasteiger partial charge in [0.2, 0.25) is 0 Å². The Labute approximate surface area is 110 Å². The zero-order valence-electron chi connectivity index (χ0n) is 10.4. The summed E-state index contributed by atoms with van der Waals surface area (Å²) in [7, 11) is 0. The van der Waals surface area contributed by atoms with E-state index in [-0.39, 0.29) is 25.3 Å². The molecular weight excluding hydrogens is 250 g/mol. The molecule has 104 valence electrons. The number of hydrogen-bond acceptors (Lipinski definition) is 6. The molecule has 0 amide bonds. The van der Waals surface area contributed by atoms with E-state index in [1.54, 1.807) is 6.08 Å². The van der Waals surface area contributed by atoms with Crippen molar-refractivity contribution < 1.29 is 14.9 Å². The van der Waals surface area contributed by atoms with Gasteiger partial charge in [-0.3, -0.25) is 4.57 Å². The molecule has 19 heavy (non-hydrogen) atoms. The first-order valence-corrected chi connectivity index (χ1v) is 5.95. The Morgan fingerprint density at radius 2 is 2.47 bits per heavy atom. The van der Waals surface area contributed by atoms with Crippen LogP contribution in [0.15, 0.2) is 29.7 Å². The van der Waals surface area contributed by atoms with Crippen molar-refractivity contribution in [1.82, 2.24) is 9.55 Å². The van der Waals surface area contributed by atoms with Crippen LogP contribution in [0.5, 0.6) is 0 Å². The third-order valence-corrected chi connectivity index (χ3v) is 3.32. The zero-order valence-corrected chi connectivity index (χ0v) is 10.4. The van der Waals surface area contributed by atoms with Gasteiger partial charge in [-0.1, -0.05) is 6.08 Å². The van der Waals surface area contributed by atoms with Crippen molar-refractivity contribution in [1.29, 1.82) is 0 Å². The first-order chi connectivity index (χ1) is 9.02. The van der Waals surface area contributed by atoms with Crippen LogP contribution >= 0.6 is 0 Å². The maximum absolute atomic E-state index is 11.7. The van der Waals surface area contributed by atoms with Gasteiger partial charge in [0.15, 0.2) is 0 Å². The molecule has 1 aliphatic rings. The van der Waals surface area contributed by atoms with Crippen molar-refractivity contribution >= 4 is 5.82 Å². The van der Waals surface area contributed by atoms with Crippen LogP contribution in [0.25, 0.3) is 0 Å². The lowest BCUT2D eigenvalue weighted by molar-refractivity contribution is -0.126. The maximum Gasteiger partial charge on any atom is 0.351 e. The molecule has 7 nitrogen and oxygen atoms in total. The molecule has 3 atom stereocenters. The van der Waals surface area contributed by atoms with Crippen molar-refractivity contribution in [2.45, 2.75) is 30.8 Å². The van der Waals surface area contributed by atoms with Crippen molar-refractivity contribution in [3.8, 4) is 0 Å². The second kappa shape index (κ2) is 5.12. The summed E-state index contributed by atoms with van der Waals surface area (Å²) in [5.74, 6) is 0.124. The number of aliphatic hydroxyl groups excluding tert-OH is 2. The van der Waals surface area contributed by atoms with E-state index < -0.39 is 23.6 Å². The molecule has 7 heteroatoms. The van der Waals surface area contributed by atoms with E-state index in [4.69, 9.17) is 10.5 Å². The van der Waals surface area contributed by atoms with E-state index in [0.717, 1.165) is 0 Å². The van der Waals surface area contributed by atoms with Crippen LogP contribution in [0.4, 0.5) is 5.82 Å². The summed E-state index contributed by atoms with van der Waals surface area (Å²) < 4.78 is 6.92. The lowest BCUT2D eigenvalue weighted by Crippen LogP contribution is -2.42. The maximum atomic E-state index is 11.7.